The number of aliphatic hydroxyl groups is 1. The van der Waals surface area contributed by atoms with E-state index >= 15 is 0 Å². The maximum Gasteiger partial charge on any atom is 0.123 e. The molecule has 19 heavy (non-hydrogen) atoms. The molecule has 2 N–H and O–H groups in total. The molecule has 1 saturated carbocycles. The highest BCUT2D eigenvalue weighted by atomic mass is 19.1. The fraction of sp³-hybridized carbons (Fsp3) is 0.625. The lowest BCUT2D eigenvalue weighted by molar-refractivity contribution is 0.114. The molecule has 0 amide bonds. The van der Waals surface area contributed by atoms with Gasteiger partial charge in [-0.25, -0.2) is 4.39 Å². The summed E-state index contributed by atoms with van der Waals surface area (Å²) in [5, 5.41) is 13.2. The van der Waals surface area contributed by atoms with Crippen molar-refractivity contribution in [1.29, 1.82) is 0 Å². The summed E-state index contributed by atoms with van der Waals surface area (Å²) in [6, 6.07) is 7.42. The SMILES string of the molecule is CC(Cc1ccc(F)cc1)NC1CCCC1(C)CO. The predicted octanol–water partition coefficient (Wildman–Crippen LogP) is 2.90. The van der Waals surface area contributed by atoms with Crippen molar-refractivity contribution < 1.29 is 9.50 Å². The third kappa shape index (κ3) is 3.54. The first-order valence-electron chi connectivity index (χ1n) is 7.15. The topological polar surface area (TPSA) is 32.3 Å². The molecular weight excluding hydrogens is 241 g/mol. The maximum atomic E-state index is 12.9. The minimum Gasteiger partial charge on any atom is -0.396 e. The lowest BCUT2D eigenvalue weighted by atomic mass is 9.85. The van der Waals surface area contributed by atoms with E-state index in [1.807, 2.05) is 12.1 Å². The third-order valence-electron chi connectivity index (χ3n) is 4.38. The van der Waals surface area contributed by atoms with E-state index in [0.717, 1.165) is 24.8 Å². The summed E-state index contributed by atoms with van der Waals surface area (Å²) in [7, 11) is 0. The Morgan fingerprint density at radius 2 is 2.11 bits per heavy atom. The molecule has 0 saturated heterocycles. The molecule has 2 nitrogen and oxygen atoms in total. The van der Waals surface area contributed by atoms with Gasteiger partial charge in [0, 0.05) is 24.1 Å². The molecule has 1 aromatic rings. The van der Waals surface area contributed by atoms with Gasteiger partial charge in [-0.15, -0.1) is 0 Å². The second kappa shape index (κ2) is 6.02. The van der Waals surface area contributed by atoms with Crippen molar-refractivity contribution in [3.63, 3.8) is 0 Å². The first-order chi connectivity index (χ1) is 9.03. The number of nitrogens with one attached hydrogen (secondary N) is 1. The van der Waals surface area contributed by atoms with Gasteiger partial charge in [0.15, 0.2) is 0 Å². The van der Waals surface area contributed by atoms with Gasteiger partial charge in [0.2, 0.25) is 0 Å². The molecule has 1 fully saturated rings. The number of hydrogen-bond donors (Lipinski definition) is 2. The fourth-order valence-electron chi connectivity index (χ4n) is 3.08. The molecule has 0 aliphatic heterocycles. The standard InChI is InChI=1S/C16H24FNO/c1-12(10-13-5-7-14(17)8-6-13)18-15-4-3-9-16(15,2)11-19/h5-8,12,15,18-19H,3-4,9-11H2,1-2H3. The smallest absolute Gasteiger partial charge is 0.123 e. The molecule has 1 aromatic carbocycles. The van der Waals surface area contributed by atoms with Gasteiger partial charge in [0.1, 0.15) is 5.82 Å². The third-order valence-corrected chi connectivity index (χ3v) is 4.38. The van der Waals surface area contributed by atoms with Gasteiger partial charge < -0.3 is 10.4 Å². The molecule has 3 unspecified atom stereocenters. The van der Waals surface area contributed by atoms with Crippen LogP contribution in [-0.4, -0.2) is 23.8 Å². The minimum absolute atomic E-state index is 0.0110. The van der Waals surface area contributed by atoms with Crippen molar-refractivity contribution in [3.05, 3.63) is 35.6 Å². The molecule has 0 bridgehead atoms. The molecule has 3 heteroatoms. The summed E-state index contributed by atoms with van der Waals surface area (Å²) in [4.78, 5) is 0. The molecule has 2 rings (SSSR count). The Labute approximate surface area is 115 Å². The van der Waals surface area contributed by atoms with Gasteiger partial charge >= 0.3 is 0 Å². The summed E-state index contributed by atoms with van der Waals surface area (Å²) in [5.41, 5.74) is 1.15. The van der Waals surface area contributed by atoms with Crippen LogP contribution >= 0.6 is 0 Å². The average molecular weight is 265 g/mol. The largest absolute Gasteiger partial charge is 0.396 e. The Kier molecular flexibility index (Phi) is 4.58. The van der Waals surface area contributed by atoms with Crippen LogP contribution in [0.4, 0.5) is 4.39 Å². The summed E-state index contributed by atoms with van der Waals surface area (Å²) in [6.45, 7) is 4.55. The summed E-state index contributed by atoms with van der Waals surface area (Å²) >= 11 is 0. The number of aliphatic hydroxyl groups excluding tert-OH is 1. The second-order valence-corrected chi connectivity index (χ2v) is 6.16. The highest BCUT2D eigenvalue weighted by molar-refractivity contribution is 5.17. The lowest BCUT2D eigenvalue weighted by Gasteiger charge is -2.32. The van der Waals surface area contributed by atoms with Crippen molar-refractivity contribution in [2.45, 2.75) is 51.6 Å². The Bertz CT molecular complexity index is 406. The van der Waals surface area contributed by atoms with E-state index < -0.39 is 0 Å². The van der Waals surface area contributed by atoms with Crippen LogP contribution in [0, 0.1) is 11.2 Å². The van der Waals surface area contributed by atoms with Gasteiger partial charge in [-0.3, -0.25) is 0 Å². The zero-order valence-corrected chi connectivity index (χ0v) is 11.8. The number of rotatable bonds is 5. The number of benzene rings is 1. The first kappa shape index (κ1) is 14.5. The van der Waals surface area contributed by atoms with Crippen molar-refractivity contribution in [2.75, 3.05) is 6.61 Å². The van der Waals surface area contributed by atoms with Crippen LogP contribution in [0.3, 0.4) is 0 Å². The van der Waals surface area contributed by atoms with Crippen molar-refractivity contribution in [1.82, 2.24) is 5.32 Å². The molecule has 0 heterocycles. The van der Waals surface area contributed by atoms with E-state index in [9.17, 15) is 9.50 Å². The van der Waals surface area contributed by atoms with Crippen LogP contribution in [0.15, 0.2) is 24.3 Å². The minimum atomic E-state index is -0.187. The number of halogens is 1. The molecule has 1 aliphatic carbocycles. The highest BCUT2D eigenvalue weighted by Gasteiger charge is 2.38. The summed E-state index contributed by atoms with van der Waals surface area (Å²) in [5.74, 6) is -0.187. The van der Waals surface area contributed by atoms with E-state index in [2.05, 4.69) is 19.2 Å². The van der Waals surface area contributed by atoms with Gasteiger partial charge in [-0.2, -0.15) is 0 Å². The van der Waals surface area contributed by atoms with E-state index in [4.69, 9.17) is 0 Å². The Morgan fingerprint density at radius 3 is 2.74 bits per heavy atom. The van der Waals surface area contributed by atoms with Gasteiger partial charge in [0.05, 0.1) is 0 Å². The predicted molar refractivity (Wildman–Crippen MR) is 75.5 cm³/mol. The molecule has 106 valence electrons. The van der Waals surface area contributed by atoms with Crippen LogP contribution in [0.1, 0.15) is 38.7 Å². The van der Waals surface area contributed by atoms with Gasteiger partial charge in [-0.05, 0) is 43.9 Å². The van der Waals surface area contributed by atoms with Gasteiger partial charge in [-0.1, -0.05) is 25.5 Å². The summed E-state index contributed by atoms with van der Waals surface area (Å²) in [6.07, 6.45) is 4.28. The van der Waals surface area contributed by atoms with Gasteiger partial charge in [0.25, 0.3) is 0 Å². The van der Waals surface area contributed by atoms with Crippen LogP contribution in [0.2, 0.25) is 0 Å². The quantitative estimate of drug-likeness (QED) is 0.858. The lowest BCUT2D eigenvalue weighted by Crippen LogP contribution is -2.46. The molecule has 1 aliphatic rings. The average Bonchev–Trinajstić information content (AvgIpc) is 2.74. The fourth-order valence-corrected chi connectivity index (χ4v) is 3.08. The van der Waals surface area contributed by atoms with Crippen LogP contribution < -0.4 is 5.32 Å². The molecule has 0 spiro atoms. The summed E-state index contributed by atoms with van der Waals surface area (Å²) < 4.78 is 12.9. The van der Waals surface area contributed by atoms with Crippen LogP contribution in [-0.2, 0) is 6.42 Å². The molecular formula is C16H24FNO. The van der Waals surface area contributed by atoms with Crippen molar-refractivity contribution in [2.24, 2.45) is 5.41 Å². The molecule has 3 atom stereocenters. The Morgan fingerprint density at radius 1 is 1.42 bits per heavy atom. The maximum absolute atomic E-state index is 12.9. The zero-order valence-electron chi connectivity index (χ0n) is 11.8. The van der Waals surface area contributed by atoms with Crippen LogP contribution in [0.25, 0.3) is 0 Å². The normalized spacial score (nSPS) is 28.5. The highest BCUT2D eigenvalue weighted by Crippen LogP contribution is 2.37. The van der Waals surface area contributed by atoms with Crippen molar-refractivity contribution in [3.8, 4) is 0 Å². The number of hydrogen-bond acceptors (Lipinski definition) is 2. The van der Waals surface area contributed by atoms with E-state index in [-0.39, 0.29) is 17.8 Å². The first-order valence-corrected chi connectivity index (χ1v) is 7.15. The zero-order chi connectivity index (χ0) is 13.9. The van der Waals surface area contributed by atoms with E-state index in [0.29, 0.717) is 12.1 Å². The van der Waals surface area contributed by atoms with Crippen LogP contribution in [0.5, 0.6) is 0 Å². The Hall–Kier alpha value is -0.930. The van der Waals surface area contributed by atoms with Crippen molar-refractivity contribution >= 4 is 0 Å². The monoisotopic (exact) mass is 265 g/mol. The van der Waals surface area contributed by atoms with E-state index in [1.54, 1.807) is 0 Å². The molecule has 0 radical (unpaired) electrons. The second-order valence-electron chi connectivity index (χ2n) is 6.16. The molecule has 0 aromatic heterocycles. The Balaban J connectivity index is 1.90. The van der Waals surface area contributed by atoms with E-state index in [1.165, 1.54) is 18.6 Å².